The third-order valence-corrected chi connectivity index (χ3v) is 17.9. The van der Waals surface area contributed by atoms with Crippen molar-refractivity contribution in [3.05, 3.63) is 112 Å². The summed E-state index contributed by atoms with van der Waals surface area (Å²) in [6.45, 7) is 11.9. The molecule has 0 bridgehead atoms. The second kappa shape index (κ2) is 20.5. The SMILES string of the molecule is Cc1cccc(-c2ccn(-c3cc(N4CCOCC4)c4sc(C(=O)NC5CCOC(C6CN(c7nc(-c8ccnn8-c8cccc(C)c8)nc8cc(CN9CCN(S(C)(=O)=O)CC9)sc78)CCO6)C5)cc4n3)n2)c1. The zero-order valence-corrected chi connectivity index (χ0v) is 44.0. The first-order chi connectivity index (χ1) is 35.9. The maximum absolute atomic E-state index is 14.3. The van der Waals surface area contributed by atoms with Crippen LogP contribution in [0.4, 0.5) is 11.5 Å². The quantitative estimate of drug-likeness (QED) is 0.136. The van der Waals surface area contributed by atoms with Crippen molar-refractivity contribution in [3.8, 4) is 34.3 Å². The Morgan fingerprint density at radius 3 is 2.38 bits per heavy atom. The summed E-state index contributed by atoms with van der Waals surface area (Å²) < 4.78 is 50.4. The summed E-state index contributed by atoms with van der Waals surface area (Å²) in [7, 11) is -3.24. The molecule has 384 valence electrons. The summed E-state index contributed by atoms with van der Waals surface area (Å²) in [5.74, 6) is 1.94. The maximum atomic E-state index is 14.3. The van der Waals surface area contributed by atoms with E-state index in [-0.39, 0.29) is 24.2 Å². The number of thiophene rings is 2. The second-order valence-corrected chi connectivity index (χ2v) is 23.8. The molecule has 4 aliphatic rings. The molecule has 1 amide bonds. The van der Waals surface area contributed by atoms with E-state index in [1.807, 2.05) is 52.0 Å². The largest absolute Gasteiger partial charge is 0.378 e. The van der Waals surface area contributed by atoms with Crippen molar-refractivity contribution in [1.82, 2.24) is 49.0 Å². The van der Waals surface area contributed by atoms with Crippen LogP contribution < -0.4 is 15.1 Å². The zero-order valence-electron chi connectivity index (χ0n) is 41.6. The van der Waals surface area contributed by atoms with Crippen LogP contribution in [0.1, 0.15) is 38.5 Å². The van der Waals surface area contributed by atoms with Crippen molar-refractivity contribution < 1.29 is 27.4 Å². The van der Waals surface area contributed by atoms with Crippen molar-refractivity contribution in [2.24, 2.45) is 0 Å². The molecule has 8 aromatic rings. The Hall–Kier alpha value is -6.17. The van der Waals surface area contributed by atoms with Crippen LogP contribution in [0.15, 0.2) is 91.3 Å². The standard InChI is InChI=1S/C53H58N12O6S3/c1-34-6-4-8-36(26-34)40-11-14-64(59-40)48-31-44(61-19-23-69-24-20-61)49-42(56-48)30-47(73-49)53(66)55-37-12-22-70-45(28-37)46-33-62(21-25-71-46)52-50-41(29-39(72-50)32-60-15-17-63(18-16-60)74(3,67)68)57-51(58-52)43-10-13-54-65(43)38-9-5-7-35(2)27-38/h4-11,13-14,26-27,29-31,37,45-46H,12,15-25,28,32-33H2,1-3H3,(H,55,66). The van der Waals surface area contributed by atoms with Crippen LogP contribution >= 0.6 is 22.7 Å². The molecule has 3 atom stereocenters. The van der Waals surface area contributed by atoms with Gasteiger partial charge in [-0.3, -0.25) is 9.69 Å². The first-order valence-corrected chi connectivity index (χ1v) is 28.7. The van der Waals surface area contributed by atoms with Gasteiger partial charge in [0, 0.05) is 94.3 Å². The number of hydrogen-bond acceptors (Lipinski definition) is 16. The Bertz CT molecular complexity index is 3470. The minimum absolute atomic E-state index is 0.129. The molecule has 18 nitrogen and oxygen atoms in total. The predicted molar refractivity (Wildman–Crippen MR) is 289 cm³/mol. The van der Waals surface area contributed by atoms with Crippen LogP contribution in [0.2, 0.25) is 0 Å². The number of aromatic nitrogens is 7. The molecule has 10 heterocycles. The fourth-order valence-corrected chi connectivity index (χ4v) is 13.5. The van der Waals surface area contributed by atoms with Gasteiger partial charge in [0.15, 0.2) is 17.5 Å². The number of fused-ring (bicyclic) bond motifs is 2. The lowest BCUT2D eigenvalue weighted by molar-refractivity contribution is -0.101. The number of nitrogens with zero attached hydrogens (tertiary/aromatic N) is 11. The minimum Gasteiger partial charge on any atom is -0.378 e. The van der Waals surface area contributed by atoms with Gasteiger partial charge in [0.05, 0.1) is 80.8 Å². The molecule has 0 saturated carbocycles. The van der Waals surface area contributed by atoms with E-state index in [9.17, 15) is 13.2 Å². The highest BCUT2D eigenvalue weighted by molar-refractivity contribution is 7.88. The number of rotatable bonds is 12. The van der Waals surface area contributed by atoms with Crippen LogP contribution in [0, 0.1) is 13.8 Å². The van der Waals surface area contributed by atoms with E-state index in [0.717, 1.165) is 78.1 Å². The first kappa shape index (κ1) is 48.8. The summed E-state index contributed by atoms with van der Waals surface area (Å²) in [6.07, 6.45) is 5.72. The van der Waals surface area contributed by atoms with E-state index >= 15 is 0 Å². The van der Waals surface area contributed by atoms with Gasteiger partial charge < -0.3 is 29.3 Å². The van der Waals surface area contributed by atoms with Gasteiger partial charge in [-0.2, -0.15) is 14.5 Å². The number of carbonyl (C=O) groups is 1. The summed E-state index contributed by atoms with van der Waals surface area (Å²) in [6, 6.07) is 26.5. The van der Waals surface area contributed by atoms with Gasteiger partial charge in [-0.05, 0) is 74.7 Å². The topological polar surface area (TPSA) is 178 Å². The van der Waals surface area contributed by atoms with Gasteiger partial charge in [0.25, 0.3) is 5.91 Å². The Balaban J connectivity index is 0.784. The highest BCUT2D eigenvalue weighted by Gasteiger charge is 2.36. The molecule has 21 heteroatoms. The average molecular weight is 1060 g/mol. The number of hydrogen-bond donors (Lipinski definition) is 1. The Morgan fingerprint density at radius 1 is 0.784 bits per heavy atom. The van der Waals surface area contributed by atoms with E-state index < -0.39 is 10.0 Å². The number of morpholine rings is 2. The van der Waals surface area contributed by atoms with Gasteiger partial charge >= 0.3 is 0 Å². The Labute approximate surface area is 437 Å². The summed E-state index contributed by atoms with van der Waals surface area (Å²) in [4.78, 5) is 38.5. The normalized spacial score (nSPS) is 20.4. The summed E-state index contributed by atoms with van der Waals surface area (Å²) >= 11 is 3.15. The van der Waals surface area contributed by atoms with Crippen LogP contribution in [-0.2, 0) is 30.8 Å². The molecule has 74 heavy (non-hydrogen) atoms. The number of nitrogens with one attached hydrogen (secondary N) is 1. The highest BCUT2D eigenvalue weighted by atomic mass is 32.2. The summed E-state index contributed by atoms with van der Waals surface area (Å²) in [5.41, 5.74) is 8.51. The van der Waals surface area contributed by atoms with Crippen molar-refractivity contribution >= 4 is 70.5 Å². The number of aryl methyl sites for hydroxylation is 2. The summed E-state index contributed by atoms with van der Waals surface area (Å²) in [5, 5.41) is 13.0. The van der Waals surface area contributed by atoms with Gasteiger partial charge in [-0.25, -0.2) is 32.7 Å². The van der Waals surface area contributed by atoms with E-state index in [1.165, 1.54) is 23.2 Å². The molecule has 4 aliphatic heterocycles. The van der Waals surface area contributed by atoms with E-state index in [1.54, 1.807) is 21.8 Å². The third-order valence-electron chi connectivity index (χ3n) is 14.3. The number of piperazine rings is 1. The first-order valence-electron chi connectivity index (χ1n) is 25.2. The number of anilines is 2. The molecule has 0 radical (unpaired) electrons. The van der Waals surface area contributed by atoms with Crippen LogP contribution in [0.5, 0.6) is 0 Å². The van der Waals surface area contributed by atoms with Crippen molar-refractivity contribution in [3.63, 3.8) is 0 Å². The van der Waals surface area contributed by atoms with Gasteiger partial charge in [0.1, 0.15) is 11.8 Å². The predicted octanol–water partition coefficient (Wildman–Crippen LogP) is 6.72. The minimum atomic E-state index is -3.24. The van der Waals surface area contributed by atoms with Crippen LogP contribution in [0.3, 0.4) is 0 Å². The number of sulfonamides is 1. The van der Waals surface area contributed by atoms with E-state index in [2.05, 4.69) is 76.3 Å². The smallest absolute Gasteiger partial charge is 0.261 e. The molecule has 2 aromatic carbocycles. The molecule has 4 fully saturated rings. The van der Waals surface area contributed by atoms with Crippen LogP contribution in [-0.4, -0.2) is 161 Å². The Morgan fingerprint density at radius 2 is 1.57 bits per heavy atom. The van der Waals surface area contributed by atoms with Gasteiger partial charge in [-0.15, -0.1) is 22.7 Å². The Kier molecular flexibility index (Phi) is 13.5. The number of pyridine rings is 1. The lowest BCUT2D eigenvalue weighted by Crippen LogP contribution is -2.53. The lowest BCUT2D eigenvalue weighted by Gasteiger charge is -2.40. The van der Waals surface area contributed by atoms with Crippen molar-refractivity contribution in [2.75, 3.05) is 94.8 Å². The van der Waals surface area contributed by atoms with Crippen molar-refractivity contribution in [2.45, 2.75) is 51.5 Å². The third kappa shape index (κ3) is 10.2. The molecule has 6 aromatic heterocycles. The molecule has 12 rings (SSSR count). The number of amides is 1. The van der Waals surface area contributed by atoms with E-state index in [4.69, 9.17) is 39.4 Å². The molecular formula is C53H58N12O6S3. The number of carbonyl (C=O) groups excluding carboxylic acids is 1. The highest BCUT2D eigenvalue weighted by Crippen LogP contribution is 2.38. The molecule has 0 spiro atoms. The maximum Gasteiger partial charge on any atom is 0.261 e. The van der Waals surface area contributed by atoms with Crippen LogP contribution in [0.25, 0.3) is 54.7 Å². The molecule has 0 aliphatic carbocycles. The average Bonchev–Trinajstić information content (AvgIpc) is 4.26. The number of benzene rings is 2. The van der Waals surface area contributed by atoms with E-state index in [0.29, 0.717) is 102 Å². The fraction of sp³-hybridized carbons (Fsp3) is 0.396. The van der Waals surface area contributed by atoms with Gasteiger partial charge in [-0.1, -0.05) is 35.9 Å². The molecule has 3 unspecified atom stereocenters. The lowest BCUT2D eigenvalue weighted by atomic mass is 9.98. The van der Waals surface area contributed by atoms with Crippen molar-refractivity contribution in [1.29, 1.82) is 0 Å². The molecule has 4 saturated heterocycles. The monoisotopic (exact) mass is 1050 g/mol. The second-order valence-electron chi connectivity index (χ2n) is 19.6. The molecular weight excluding hydrogens is 997 g/mol. The number of ether oxygens (including phenoxy) is 3. The van der Waals surface area contributed by atoms with Gasteiger partial charge in [0.2, 0.25) is 10.0 Å². The molecule has 1 N–H and O–H groups in total. The fourth-order valence-electron chi connectivity index (χ4n) is 10.5. The zero-order chi connectivity index (χ0) is 50.5.